The average Bonchev–Trinajstić information content (AvgIpc) is 2.95. The lowest BCUT2D eigenvalue weighted by Gasteiger charge is -2.30. The summed E-state index contributed by atoms with van der Waals surface area (Å²) in [7, 11) is 0. The Hall–Kier alpha value is -2.18. The zero-order valence-corrected chi connectivity index (χ0v) is 23.5. The summed E-state index contributed by atoms with van der Waals surface area (Å²) in [6.45, 7) is 7.82. The van der Waals surface area contributed by atoms with Crippen molar-refractivity contribution >= 4 is 11.9 Å². The van der Waals surface area contributed by atoms with Crippen LogP contribution in [0, 0.1) is 17.8 Å². The van der Waals surface area contributed by atoms with Crippen LogP contribution >= 0.6 is 0 Å². The Morgan fingerprint density at radius 1 is 0.763 bits per heavy atom. The molecule has 1 aromatic carbocycles. The van der Waals surface area contributed by atoms with E-state index in [1.165, 1.54) is 5.56 Å². The van der Waals surface area contributed by atoms with Crippen molar-refractivity contribution in [3.05, 3.63) is 29.8 Å². The molecule has 0 heterocycles. The lowest BCUT2D eigenvalue weighted by atomic mass is 9.82. The maximum absolute atomic E-state index is 14.1. The number of benzene rings is 1. The lowest BCUT2D eigenvalue weighted by molar-refractivity contribution is -0.159. The van der Waals surface area contributed by atoms with Gasteiger partial charge in [0.15, 0.2) is 12.3 Å². The van der Waals surface area contributed by atoms with Crippen LogP contribution in [0.15, 0.2) is 24.3 Å². The fourth-order valence-corrected chi connectivity index (χ4v) is 5.32. The van der Waals surface area contributed by atoms with Crippen LogP contribution in [0.2, 0.25) is 0 Å². The Kier molecular flexibility index (Phi) is 11.9. The van der Waals surface area contributed by atoms with Gasteiger partial charge in [-0.25, -0.2) is 18.4 Å². The predicted octanol–water partition coefficient (Wildman–Crippen LogP) is 7.51. The molecule has 3 rings (SSSR count). The van der Waals surface area contributed by atoms with Crippen LogP contribution in [-0.4, -0.2) is 43.1 Å². The van der Waals surface area contributed by atoms with Gasteiger partial charge in [0.25, 0.3) is 0 Å². The lowest BCUT2D eigenvalue weighted by Crippen LogP contribution is -2.32. The fraction of sp³-hybridized carbons (Fsp3) is 0.742. The molecule has 7 heteroatoms. The van der Waals surface area contributed by atoms with Crippen molar-refractivity contribution in [2.75, 3.05) is 6.61 Å². The van der Waals surface area contributed by atoms with Crippen molar-refractivity contribution in [2.24, 2.45) is 17.8 Å². The largest absolute Gasteiger partial charge is 0.493 e. The molecule has 0 saturated heterocycles. The topological polar surface area (TPSA) is 61.8 Å². The molecule has 38 heavy (non-hydrogen) atoms. The minimum Gasteiger partial charge on any atom is -0.493 e. The van der Waals surface area contributed by atoms with Crippen LogP contribution < -0.4 is 4.74 Å². The summed E-state index contributed by atoms with van der Waals surface area (Å²) in [5, 5.41) is 0. The standard InChI is InChI=1S/C31H46F2O5/c1-5-20(3)28(32)30(34)37-26-13-7-22(8-14-26)19-36-25-15-9-23(10-16-25)24-11-17-27(18-12-24)38-31(35)29(33)21(4)6-2/h9-10,15-16,20-22,24,26-29H,5-8,11-14,17-19H2,1-4H3/t20-,21-,22-,24-,26-,27-,28-,29-/m0/s1. The molecule has 0 amide bonds. The minimum atomic E-state index is -1.54. The van der Waals surface area contributed by atoms with Crippen LogP contribution in [0.3, 0.4) is 0 Å². The SMILES string of the molecule is CC[C@H](C)[C@H](F)C(=O)O[C@H]1CC[C@H](COc2ccc([C@H]3CC[C@H](OC(=O)[C@@H](F)[C@@H](C)CC)CC3)cc2)CC1. The van der Waals surface area contributed by atoms with Gasteiger partial charge < -0.3 is 14.2 Å². The van der Waals surface area contributed by atoms with Gasteiger partial charge in [-0.15, -0.1) is 0 Å². The first-order valence-electron chi connectivity index (χ1n) is 14.6. The number of hydrogen-bond donors (Lipinski definition) is 0. The van der Waals surface area contributed by atoms with Crippen molar-refractivity contribution in [1.82, 2.24) is 0 Å². The van der Waals surface area contributed by atoms with E-state index >= 15 is 0 Å². The van der Waals surface area contributed by atoms with E-state index in [1.54, 1.807) is 13.8 Å². The van der Waals surface area contributed by atoms with Gasteiger partial charge in [0.1, 0.15) is 18.0 Å². The highest BCUT2D eigenvalue weighted by molar-refractivity contribution is 5.75. The molecule has 5 nitrogen and oxygen atoms in total. The summed E-state index contributed by atoms with van der Waals surface area (Å²) in [6.07, 6.45) is 4.35. The fourth-order valence-electron chi connectivity index (χ4n) is 5.32. The number of hydrogen-bond acceptors (Lipinski definition) is 5. The van der Waals surface area contributed by atoms with Crippen molar-refractivity contribution in [1.29, 1.82) is 0 Å². The van der Waals surface area contributed by atoms with E-state index in [4.69, 9.17) is 14.2 Å². The smallest absolute Gasteiger partial charge is 0.341 e. The Morgan fingerprint density at radius 3 is 1.66 bits per heavy atom. The molecular weight excluding hydrogens is 490 g/mol. The zero-order chi connectivity index (χ0) is 27.7. The summed E-state index contributed by atoms with van der Waals surface area (Å²) in [4.78, 5) is 24.1. The number of carbonyl (C=O) groups is 2. The average molecular weight is 537 g/mol. The molecule has 0 radical (unpaired) electrons. The van der Waals surface area contributed by atoms with E-state index in [-0.39, 0.29) is 24.0 Å². The maximum atomic E-state index is 14.1. The number of rotatable bonds is 12. The van der Waals surface area contributed by atoms with Crippen LogP contribution in [0.25, 0.3) is 0 Å². The van der Waals surface area contributed by atoms with E-state index in [9.17, 15) is 18.4 Å². The monoisotopic (exact) mass is 536 g/mol. The van der Waals surface area contributed by atoms with Crippen LogP contribution in [0.1, 0.15) is 103 Å². The van der Waals surface area contributed by atoms with E-state index in [1.807, 2.05) is 26.0 Å². The molecule has 0 spiro atoms. The van der Waals surface area contributed by atoms with Gasteiger partial charge in [-0.2, -0.15) is 0 Å². The molecule has 0 unspecified atom stereocenters. The Bertz CT molecular complexity index is 860. The summed E-state index contributed by atoms with van der Waals surface area (Å²) in [5.74, 6) is -0.442. The molecule has 0 bridgehead atoms. The summed E-state index contributed by atoms with van der Waals surface area (Å²) in [6, 6.07) is 8.22. The van der Waals surface area contributed by atoms with Gasteiger partial charge in [0.2, 0.25) is 0 Å². The summed E-state index contributed by atoms with van der Waals surface area (Å²) < 4.78 is 45.1. The number of ether oxygens (including phenoxy) is 3. The van der Waals surface area contributed by atoms with E-state index in [0.29, 0.717) is 31.3 Å². The third-order valence-electron chi connectivity index (χ3n) is 8.61. The van der Waals surface area contributed by atoms with Crippen molar-refractivity contribution in [3.8, 4) is 5.75 Å². The second-order valence-electron chi connectivity index (χ2n) is 11.4. The summed E-state index contributed by atoms with van der Waals surface area (Å²) >= 11 is 0. The van der Waals surface area contributed by atoms with Crippen LogP contribution in [0.4, 0.5) is 8.78 Å². The highest BCUT2D eigenvalue weighted by atomic mass is 19.1. The van der Waals surface area contributed by atoms with Gasteiger partial charge >= 0.3 is 11.9 Å². The maximum Gasteiger partial charge on any atom is 0.341 e. The van der Waals surface area contributed by atoms with E-state index in [2.05, 4.69) is 12.1 Å². The van der Waals surface area contributed by atoms with Crippen molar-refractivity contribution in [3.63, 3.8) is 0 Å². The van der Waals surface area contributed by atoms with Crippen LogP contribution in [-0.2, 0) is 19.1 Å². The van der Waals surface area contributed by atoms with Crippen molar-refractivity contribution < 1.29 is 32.6 Å². The Morgan fingerprint density at radius 2 is 1.21 bits per heavy atom. The van der Waals surface area contributed by atoms with E-state index in [0.717, 1.165) is 57.1 Å². The first-order valence-corrected chi connectivity index (χ1v) is 14.6. The number of esters is 2. The number of alkyl halides is 2. The molecule has 214 valence electrons. The van der Waals surface area contributed by atoms with Crippen LogP contribution in [0.5, 0.6) is 5.75 Å². The molecular formula is C31H46F2O5. The minimum absolute atomic E-state index is 0.194. The predicted molar refractivity (Wildman–Crippen MR) is 144 cm³/mol. The van der Waals surface area contributed by atoms with Gasteiger partial charge in [-0.05, 0) is 92.7 Å². The molecule has 0 N–H and O–H groups in total. The highest BCUT2D eigenvalue weighted by Crippen LogP contribution is 2.35. The second-order valence-corrected chi connectivity index (χ2v) is 11.4. The molecule has 2 saturated carbocycles. The molecule has 0 aliphatic heterocycles. The number of carbonyl (C=O) groups excluding carboxylic acids is 2. The summed E-state index contributed by atoms with van der Waals surface area (Å²) in [5.41, 5.74) is 1.25. The van der Waals surface area contributed by atoms with E-state index < -0.39 is 24.3 Å². The first-order chi connectivity index (χ1) is 18.2. The first kappa shape index (κ1) is 30.4. The Labute approximate surface area is 227 Å². The molecule has 2 aliphatic rings. The van der Waals surface area contributed by atoms with Gasteiger partial charge in [-0.1, -0.05) is 52.7 Å². The van der Waals surface area contributed by atoms with Crippen molar-refractivity contribution in [2.45, 2.75) is 122 Å². The molecule has 2 fully saturated rings. The van der Waals surface area contributed by atoms with Gasteiger partial charge in [0, 0.05) is 0 Å². The zero-order valence-electron chi connectivity index (χ0n) is 23.5. The van der Waals surface area contributed by atoms with Gasteiger partial charge in [-0.3, -0.25) is 0 Å². The third-order valence-corrected chi connectivity index (χ3v) is 8.61. The number of halogens is 2. The quantitative estimate of drug-likeness (QED) is 0.259. The Balaban J connectivity index is 1.35. The molecule has 0 aromatic heterocycles. The molecule has 2 aliphatic carbocycles. The second kappa shape index (κ2) is 14.8. The van der Waals surface area contributed by atoms with Gasteiger partial charge in [0.05, 0.1) is 6.61 Å². The highest BCUT2D eigenvalue weighted by Gasteiger charge is 2.31. The molecule has 4 atom stereocenters. The molecule has 1 aromatic rings. The third kappa shape index (κ3) is 8.67. The normalized spacial score (nSPS) is 27.0.